The van der Waals surface area contributed by atoms with Gasteiger partial charge in [-0.2, -0.15) is 5.26 Å². The molecule has 0 unspecified atom stereocenters. The topological polar surface area (TPSA) is 116 Å². The van der Waals surface area contributed by atoms with Crippen molar-refractivity contribution < 1.29 is 17.6 Å². The molecule has 0 spiro atoms. The number of nitrogens with zero attached hydrogens (tertiary/aromatic N) is 3. The second-order valence-corrected chi connectivity index (χ2v) is 11.2. The maximum Gasteiger partial charge on any atom is 0.263 e. The summed E-state index contributed by atoms with van der Waals surface area (Å²) >= 11 is 7.33. The zero-order valence-corrected chi connectivity index (χ0v) is 19.2. The largest absolute Gasteiger partial charge is 0.467 e. The second-order valence-electron chi connectivity index (χ2n) is 7.38. The highest BCUT2D eigenvalue weighted by molar-refractivity contribution is 8.15. The van der Waals surface area contributed by atoms with Crippen molar-refractivity contribution in [3.63, 3.8) is 0 Å². The molecule has 2 aliphatic rings. The molecule has 2 fully saturated rings. The van der Waals surface area contributed by atoms with Crippen LogP contribution in [0.1, 0.15) is 11.3 Å². The van der Waals surface area contributed by atoms with Gasteiger partial charge in [-0.1, -0.05) is 35.5 Å². The van der Waals surface area contributed by atoms with Crippen LogP contribution in [0.25, 0.3) is 0 Å². The van der Waals surface area contributed by atoms with Gasteiger partial charge in [0.15, 0.2) is 15.0 Å². The lowest BCUT2D eigenvalue weighted by Gasteiger charge is -2.24. The Labute approximate surface area is 194 Å². The lowest BCUT2D eigenvalue weighted by Crippen LogP contribution is -2.36. The molecule has 1 amide bonds. The van der Waals surface area contributed by atoms with Crippen LogP contribution in [0.15, 0.2) is 63.8 Å². The Morgan fingerprint density at radius 2 is 2.12 bits per heavy atom. The van der Waals surface area contributed by atoms with Crippen molar-refractivity contribution in [3.05, 3.63) is 70.8 Å². The van der Waals surface area contributed by atoms with Crippen LogP contribution in [0, 0.1) is 11.3 Å². The minimum absolute atomic E-state index is 0.0513. The number of thioether (sulfide) groups is 1. The third-order valence-electron chi connectivity index (χ3n) is 5.11. The molecule has 2 atom stereocenters. The summed E-state index contributed by atoms with van der Waals surface area (Å²) in [5.74, 6) is 0.131. The number of amides is 1. The van der Waals surface area contributed by atoms with Crippen molar-refractivity contribution in [2.45, 2.75) is 24.4 Å². The van der Waals surface area contributed by atoms with Crippen LogP contribution in [0.4, 0.5) is 0 Å². The number of halogens is 1. The Bertz CT molecular complexity index is 1200. The van der Waals surface area contributed by atoms with Gasteiger partial charge in [-0.25, -0.2) is 13.4 Å². The van der Waals surface area contributed by atoms with E-state index in [0.29, 0.717) is 22.5 Å². The molecule has 11 heteroatoms. The van der Waals surface area contributed by atoms with Gasteiger partial charge in [-0.15, -0.1) is 0 Å². The van der Waals surface area contributed by atoms with Crippen LogP contribution in [0.3, 0.4) is 0 Å². The molecule has 1 aromatic carbocycles. The first kappa shape index (κ1) is 22.5. The molecule has 32 heavy (non-hydrogen) atoms. The van der Waals surface area contributed by atoms with Gasteiger partial charge in [0.2, 0.25) is 0 Å². The first-order valence-electron chi connectivity index (χ1n) is 9.71. The molecule has 0 radical (unpaired) electrons. The van der Waals surface area contributed by atoms with Crippen molar-refractivity contribution in [2.75, 3.05) is 11.5 Å². The van der Waals surface area contributed by atoms with Crippen molar-refractivity contribution in [3.8, 4) is 6.07 Å². The highest BCUT2D eigenvalue weighted by Gasteiger charge is 2.48. The number of nitriles is 1. The number of rotatable bonds is 6. The fourth-order valence-corrected chi connectivity index (χ4v) is 7.61. The smallest absolute Gasteiger partial charge is 0.263 e. The summed E-state index contributed by atoms with van der Waals surface area (Å²) in [5.41, 5.74) is 0.800. The van der Waals surface area contributed by atoms with Crippen LogP contribution in [0.5, 0.6) is 0 Å². The normalized spacial score (nSPS) is 23.2. The van der Waals surface area contributed by atoms with Crippen LogP contribution >= 0.6 is 23.4 Å². The van der Waals surface area contributed by atoms with E-state index in [0.717, 1.165) is 5.56 Å². The number of carbonyl (C=O) groups is 1. The molecule has 8 nitrogen and oxygen atoms in total. The van der Waals surface area contributed by atoms with E-state index in [2.05, 4.69) is 10.3 Å². The van der Waals surface area contributed by atoms with Crippen molar-refractivity contribution in [1.29, 1.82) is 5.26 Å². The van der Waals surface area contributed by atoms with Gasteiger partial charge in [0.05, 0.1) is 36.6 Å². The number of aliphatic imine (C=N–C) groups is 1. The SMILES string of the molecule is N#C/C(=C\N=C1S[C@H]2CS(=O)(=O)C[C@@H]2N1Cc1ccc(Cl)cc1)C(=O)NCc1ccco1. The minimum atomic E-state index is -3.12. The number of amidine groups is 1. The van der Waals surface area contributed by atoms with E-state index in [4.69, 9.17) is 16.0 Å². The number of fused-ring (bicyclic) bond motifs is 1. The zero-order valence-electron chi connectivity index (χ0n) is 16.8. The molecule has 3 heterocycles. The van der Waals surface area contributed by atoms with Crippen LogP contribution in [-0.4, -0.2) is 47.2 Å². The van der Waals surface area contributed by atoms with E-state index < -0.39 is 15.7 Å². The van der Waals surface area contributed by atoms with Crippen LogP contribution in [0.2, 0.25) is 5.02 Å². The molecular weight excluding hydrogens is 472 g/mol. The molecule has 2 aromatic rings. The predicted molar refractivity (Wildman–Crippen MR) is 123 cm³/mol. The first-order valence-corrected chi connectivity index (χ1v) is 12.8. The van der Waals surface area contributed by atoms with Crippen molar-refractivity contribution >= 4 is 44.3 Å². The summed E-state index contributed by atoms with van der Waals surface area (Å²) in [6, 6.07) is 12.4. The third-order valence-corrected chi connectivity index (χ3v) is 8.63. The number of carbonyl (C=O) groups excluding carboxylic acids is 1. The molecule has 4 rings (SSSR count). The Morgan fingerprint density at radius 1 is 1.34 bits per heavy atom. The molecule has 2 saturated heterocycles. The fourth-order valence-electron chi connectivity index (χ4n) is 3.55. The lowest BCUT2D eigenvalue weighted by molar-refractivity contribution is -0.117. The summed E-state index contributed by atoms with van der Waals surface area (Å²) in [6.07, 6.45) is 2.72. The predicted octanol–water partition coefficient (Wildman–Crippen LogP) is 2.73. The average molecular weight is 491 g/mol. The highest BCUT2D eigenvalue weighted by Crippen LogP contribution is 2.39. The number of benzene rings is 1. The zero-order chi connectivity index (χ0) is 22.7. The maximum atomic E-state index is 12.3. The lowest BCUT2D eigenvalue weighted by atomic mass is 10.1. The number of sulfone groups is 1. The minimum Gasteiger partial charge on any atom is -0.467 e. The number of hydrogen-bond acceptors (Lipinski definition) is 7. The monoisotopic (exact) mass is 490 g/mol. The van der Waals surface area contributed by atoms with Crippen molar-refractivity contribution in [1.82, 2.24) is 10.2 Å². The summed E-state index contributed by atoms with van der Waals surface area (Å²) < 4.78 is 29.5. The standard InChI is InChI=1S/C21H19ClN4O4S2/c22-16-5-3-14(4-6-16)11-26-18-12-32(28,29)13-19(18)31-21(26)25-9-15(8-23)20(27)24-10-17-2-1-7-30-17/h1-7,9,18-19H,10-13H2,(H,24,27)/b15-9+,25-21?/t18-,19-/m0/s1. The molecule has 0 bridgehead atoms. The average Bonchev–Trinajstić information content (AvgIpc) is 3.45. The van der Waals surface area contributed by atoms with Gasteiger partial charge in [0.1, 0.15) is 17.4 Å². The quantitative estimate of drug-likeness (QED) is 0.488. The highest BCUT2D eigenvalue weighted by atomic mass is 35.5. The van der Waals surface area contributed by atoms with Gasteiger partial charge in [0, 0.05) is 16.8 Å². The molecule has 1 N–H and O–H groups in total. The summed E-state index contributed by atoms with van der Waals surface area (Å²) in [4.78, 5) is 18.7. The summed E-state index contributed by atoms with van der Waals surface area (Å²) in [7, 11) is -3.12. The molecule has 0 saturated carbocycles. The molecule has 166 valence electrons. The molecular formula is C21H19ClN4O4S2. The third kappa shape index (κ3) is 5.18. The Morgan fingerprint density at radius 3 is 2.81 bits per heavy atom. The van der Waals surface area contributed by atoms with Crippen molar-refractivity contribution in [2.24, 2.45) is 4.99 Å². The second kappa shape index (κ2) is 9.40. The van der Waals surface area contributed by atoms with Crippen LogP contribution in [-0.2, 0) is 27.7 Å². The van der Waals surface area contributed by atoms with Crippen LogP contribution < -0.4 is 5.32 Å². The maximum absolute atomic E-state index is 12.3. The van der Waals surface area contributed by atoms with Gasteiger partial charge >= 0.3 is 0 Å². The van der Waals surface area contributed by atoms with E-state index in [1.807, 2.05) is 23.1 Å². The van der Waals surface area contributed by atoms with E-state index in [-0.39, 0.29) is 34.9 Å². The number of nitrogens with one attached hydrogen (secondary N) is 1. The fraction of sp³-hybridized carbons (Fsp3) is 0.286. The Hall–Kier alpha value is -2.74. The van der Waals surface area contributed by atoms with Gasteiger partial charge < -0.3 is 14.6 Å². The van der Waals surface area contributed by atoms with E-state index in [9.17, 15) is 18.5 Å². The molecule has 2 aliphatic heterocycles. The molecule has 0 aliphatic carbocycles. The van der Waals surface area contributed by atoms with Gasteiger partial charge in [0.25, 0.3) is 5.91 Å². The first-order chi connectivity index (χ1) is 15.3. The molecule has 1 aromatic heterocycles. The number of furan rings is 1. The van der Waals surface area contributed by atoms with Gasteiger partial charge in [-0.3, -0.25) is 4.79 Å². The Kier molecular flexibility index (Phi) is 6.60. The summed E-state index contributed by atoms with van der Waals surface area (Å²) in [6.45, 7) is 0.598. The van der Waals surface area contributed by atoms with E-state index in [1.165, 1.54) is 24.2 Å². The summed E-state index contributed by atoms with van der Waals surface area (Å²) in [5, 5.41) is 13.1. The Balaban J connectivity index is 1.54. The van der Waals surface area contributed by atoms with Gasteiger partial charge in [-0.05, 0) is 29.8 Å². The number of hydrogen-bond donors (Lipinski definition) is 1. The van der Waals surface area contributed by atoms with E-state index in [1.54, 1.807) is 24.3 Å². The van der Waals surface area contributed by atoms with E-state index >= 15 is 0 Å².